The molecule has 1 aliphatic heterocycles. The molecule has 1 aromatic rings. The lowest BCUT2D eigenvalue weighted by Crippen LogP contribution is -2.34. The number of esters is 1. The summed E-state index contributed by atoms with van der Waals surface area (Å²) in [5, 5.41) is 2.97. The van der Waals surface area contributed by atoms with Crippen molar-refractivity contribution in [1.82, 2.24) is 4.98 Å². The molecular formula is C8H8N2O2. The van der Waals surface area contributed by atoms with Crippen LogP contribution in [0.15, 0.2) is 18.3 Å². The standard InChI is InChI=1S/C8H8N2O2/c1-5-8(11)12-7-6(10-5)3-2-4-9-7/h2-5,10H,1H3. The first kappa shape index (κ1) is 7.09. The van der Waals surface area contributed by atoms with Crippen LogP contribution < -0.4 is 10.1 Å². The average Bonchev–Trinajstić information content (AvgIpc) is 2.07. The third-order valence-electron chi connectivity index (χ3n) is 1.69. The van der Waals surface area contributed by atoms with Gasteiger partial charge in [-0.15, -0.1) is 0 Å². The Morgan fingerprint density at radius 1 is 1.67 bits per heavy atom. The fourth-order valence-electron chi connectivity index (χ4n) is 1.06. The van der Waals surface area contributed by atoms with Gasteiger partial charge < -0.3 is 10.1 Å². The Morgan fingerprint density at radius 3 is 3.33 bits per heavy atom. The number of ether oxygens (including phenoxy) is 1. The minimum absolute atomic E-state index is 0.290. The van der Waals surface area contributed by atoms with Crippen LogP contribution in [-0.4, -0.2) is 17.0 Å². The molecule has 0 aliphatic carbocycles. The second kappa shape index (κ2) is 2.48. The Kier molecular flexibility index (Phi) is 1.46. The molecule has 1 unspecified atom stereocenters. The van der Waals surface area contributed by atoms with E-state index >= 15 is 0 Å². The minimum Gasteiger partial charge on any atom is -0.404 e. The van der Waals surface area contributed by atoms with Crippen molar-refractivity contribution in [3.63, 3.8) is 0 Å². The summed E-state index contributed by atoms with van der Waals surface area (Å²) in [6.45, 7) is 1.75. The second-order valence-electron chi connectivity index (χ2n) is 2.64. The maximum absolute atomic E-state index is 11.0. The highest BCUT2D eigenvalue weighted by atomic mass is 16.5. The van der Waals surface area contributed by atoms with Gasteiger partial charge in [-0.3, -0.25) is 0 Å². The van der Waals surface area contributed by atoms with E-state index in [1.807, 2.05) is 6.07 Å². The average molecular weight is 164 g/mol. The van der Waals surface area contributed by atoms with Crippen LogP contribution in [0, 0.1) is 0 Å². The van der Waals surface area contributed by atoms with Gasteiger partial charge in [0.15, 0.2) is 0 Å². The van der Waals surface area contributed by atoms with Gasteiger partial charge >= 0.3 is 5.97 Å². The van der Waals surface area contributed by atoms with E-state index in [9.17, 15) is 4.79 Å². The van der Waals surface area contributed by atoms with Gasteiger partial charge in [-0.25, -0.2) is 9.78 Å². The molecule has 0 bridgehead atoms. The van der Waals surface area contributed by atoms with E-state index < -0.39 is 0 Å². The van der Waals surface area contributed by atoms with Crippen molar-refractivity contribution in [2.75, 3.05) is 5.32 Å². The van der Waals surface area contributed by atoms with Gasteiger partial charge in [-0.05, 0) is 19.1 Å². The lowest BCUT2D eigenvalue weighted by atomic mass is 10.2. The molecule has 0 saturated heterocycles. The molecule has 1 atom stereocenters. The topological polar surface area (TPSA) is 51.2 Å². The number of aromatic nitrogens is 1. The van der Waals surface area contributed by atoms with Gasteiger partial charge in [0.2, 0.25) is 5.88 Å². The molecule has 1 aromatic heterocycles. The Morgan fingerprint density at radius 2 is 2.50 bits per heavy atom. The first-order chi connectivity index (χ1) is 5.77. The number of carbonyl (C=O) groups is 1. The lowest BCUT2D eigenvalue weighted by Gasteiger charge is -2.20. The summed E-state index contributed by atoms with van der Waals surface area (Å²) in [6, 6.07) is 3.32. The molecule has 12 heavy (non-hydrogen) atoms. The molecule has 0 aromatic carbocycles. The lowest BCUT2D eigenvalue weighted by molar-refractivity contribution is -0.135. The molecule has 1 aliphatic rings. The third kappa shape index (κ3) is 1.01. The molecule has 1 N–H and O–H groups in total. The highest BCUT2D eigenvalue weighted by Crippen LogP contribution is 2.25. The summed E-state index contributed by atoms with van der Waals surface area (Å²) in [5.41, 5.74) is 0.768. The second-order valence-corrected chi connectivity index (χ2v) is 2.64. The van der Waals surface area contributed by atoms with Crippen molar-refractivity contribution in [3.05, 3.63) is 18.3 Å². The molecule has 0 spiro atoms. The van der Waals surface area contributed by atoms with Crippen LogP contribution in [0.2, 0.25) is 0 Å². The normalized spacial score (nSPS) is 20.8. The molecule has 0 fully saturated rings. The van der Waals surface area contributed by atoms with E-state index in [1.165, 1.54) is 0 Å². The number of anilines is 1. The number of carbonyl (C=O) groups excluding carboxylic acids is 1. The molecule has 0 radical (unpaired) electrons. The van der Waals surface area contributed by atoms with Crippen molar-refractivity contribution in [2.24, 2.45) is 0 Å². The maximum Gasteiger partial charge on any atom is 0.335 e. The Bertz CT molecular complexity index is 325. The van der Waals surface area contributed by atoms with Crippen LogP contribution >= 0.6 is 0 Å². The summed E-state index contributed by atoms with van der Waals surface area (Å²) in [5.74, 6) is 0.0711. The number of pyridine rings is 1. The van der Waals surface area contributed by atoms with Crippen LogP contribution in [0.4, 0.5) is 5.69 Å². The summed E-state index contributed by atoms with van der Waals surface area (Å²) >= 11 is 0. The zero-order valence-corrected chi connectivity index (χ0v) is 6.57. The van der Waals surface area contributed by atoms with Crippen LogP contribution in [0.5, 0.6) is 5.88 Å². The van der Waals surface area contributed by atoms with Crippen molar-refractivity contribution >= 4 is 11.7 Å². The van der Waals surface area contributed by atoms with Gasteiger partial charge in [-0.1, -0.05) is 0 Å². The van der Waals surface area contributed by atoms with Crippen molar-refractivity contribution in [2.45, 2.75) is 13.0 Å². The van der Waals surface area contributed by atoms with Gasteiger partial charge in [-0.2, -0.15) is 0 Å². The Hall–Kier alpha value is -1.58. The fraction of sp³-hybridized carbons (Fsp3) is 0.250. The predicted molar refractivity (Wildman–Crippen MR) is 43.0 cm³/mol. The number of nitrogens with zero attached hydrogens (tertiary/aromatic N) is 1. The highest BCUT2D eigenvalue weighted by Gasteiger charge is 2.23. The first-order valence-electron chi connectivity index (χ1n) is 3.70. The number of fused-ring (bicyclic) bond motifs is 1. The minimum atomic E-state index is -0.291. The van der Waals surface area contributed by atoms with Crippen molar-refractivity contribution < 1.29 is 9.53 Å². The molecule has 2 rings (SSSR count). The van der Waals surface area contributed by atoms with Crippen LogP contribution in [-0.2, 0) is 4.79 Å². The largest absolute Gasteiger partial charge is 0.404 e. The van der Waals surface area contributed by atoms with E-state index in [0.29, 0.717) is 5.88 Å². The molecular weight excluding hydrogens is 156 g/mol. The number of hydrogen-bond acceptors (Lipinski definition) is 4. The molecule has 4 heteroatoms. The monoisotopic (exact) mass is 164 g/mol. The summed E-state index contributed by atoms with van der Waals surface area (Å²) < 4.78 is 4.93. The summed E-state index contributed by atoms with van der Waals surface area (Å²) in [4.78, 5) is 14.9. The molecule has 2 heterocycles. The zero-order valence-electron chi connectivity index (χ0n) is 6.57. The molecule has 0 amide bonds. The quantitative estimate of drug-likeness (QED) is 0.576. The Labute approximate surface area is 69.6 Å². The van der Waals surface area contributed by atoms with E-state index in [4.69, 9.17) is 4.74 Å². The van der Waals surface area contributed by atoms with Gasteiger partial charge in [0.25, 0.3) is 0 Å². The number of rotatable bonds is 0. The van der Waals surface area contributed by atoms with E-state index in [2.05, 4.69) is 10.3 Å². The van der Waals surface area contributed by atoms with Crippen LogP contribution in [0.25, 0.3) is 0 Å². The van der Waals surface area contributed by atoms with E-state index in [-0.39, 0.29) is 12.0 Å². The first-order valence-corrected chi connectivity index (χ1v) is 3.70. The number of hydrogen-bond donors (Lipinski definition) is 1. The SMILES string of the molecule is CC1Nc2cccnc2OC1=O. The third-order valence-corrected chi connectivity index (χ3v) is 1.69. The number of nitrogens with one attached hydrogen (secondary N) is 1. The smallest absolute Gasteiger partial charge is 0.335 e. The molecule has 62 valence electrons. The Balaban J connectivity index is 2.40. The van der Waals surface area contributed by atoms with Gasteiger partial charge in [0, 0.05) is 6.20 Å². The summed E-state index contributed by atoms with van der Waals surface area (Å²) in [7, 11) is 0. The van der Waals surface area contributed by atoms with E-state index in [0.717, 1.165) is 5.69 Å². The van der Waals surface area contributed by atoms with Crippen LogP contribution in [0.3, 0.4) is 0 Å². The van der Waals surface area contributed by atoms with Crippen LogP contribution in [0.1, 0.15) is 6.92 Å². The van der Waals surface area contributed by atoms with Gasteiger partial charge in [0.1, 0.15) is 6.04 Å². The van der Waals surface area contributed by atoms with Crippen molar-refractivity contribution in [3.8, 4) is 5.88 Å². The highest BCUT2D eigenvalue weighted by molar-refractivity contribution is 5.85. The summed E-state index contributed by atoms with van der Waals surface area (Å²) in [6.07, 6.45) is 1.59. The van der Waals surface area contributed by atoms with Gasteiger partial charge in [0.05, 0.1) is 5.69 Å². The van der Waals surface area contributed by atoms with E-state index in [1.54, 1.807) is 19.2 Å². The van der Waals surface area contributed by atoms with Crippen molar-refractivity contribution in [1.29, 1.82) is 0 Å². The fourth-order valence-corrected chi connectivity index (χ4v) is 1.06. The zero-order chi connectivity index (χ0) is 8.55. The molecule has 4 nitrogen and oxygen atoms in total. The maximum atomic E-state index is 11.0. The molecule has 0 saturated carbocycles. The predicted octanol–water partition coefficient (Wildman–Crippen LogP) is 0.801.